The van der Waals surface area contributed by atoms with E-state index < -0.39 is 0 Å². The molecule has 0 spiro atoms. The van der Waals surface area contributed by atoms with Gasteiger partial charge in [0, 0.05) is 31.0 Å². The zero-order valence-electron chi connectivity index (χ0n) is 17.9. The molecule has 31 heavy (non-hydrogen) atoms. The molecule has 0 unspecified atom stereocenters. The van der Waals surface area contributed by atoms with Crippen LogP contribution in [0.25, 0.3) is 11.0 Å². The number of aromatic hydroxyl groups is 1. The molecule has 7 nitrogen and oxygen atoms in total. The lowest BCUT2D eigenvalue weighted by atomic mass is 10.1. The predicted molar refractivity (Wildman–Crippen MR) is 125 cm³/mol. The lowest BCUT2D eigenvalue weighted by Crippen LogP contribution is -2.29. The normalized spacial score (nSPS) is 11.2. The summed E-state index contributed by atoms with van der Waals surface area (Å²) in [6, 6.07) is 18.0. The molecule has 4 rings (SSSR count). The summed E-state index contributed by atoms with van der Waals surface area (Å²) in [5.41, 5.74) is 18.7. The largest absolute Gasteiger partial charge is 0.506 e. The number of rotatable bonds is 7. The van der Waals surface area contributed by atoms with Crippen LogP contribution in [-0.2, 0) is 13.1 Å². The maximum atomic E-state index is 10.2. The van der Waals surface area contributed by atoms with Gasteiger partial charge in [0.2, 0.25) is 5.95 Å². The van der Waals surface area contributed by atoms with Gasteiger partial charge in [0.05, 0.1) is 17.6 Å². The monoisotopic (exact) mass is 416 g/mol. The third kappa shape index (κ3) is 4.46. The van der Waals surface area contributed by atoms with Gasteiger partial charge in [-0.3, -0.25) is 4.98 Å². The number of aromatic nitrogens is 3. The molecular formula is C24H28N6O. The number of anilines is 2. The van der Waals surface area contributed by atoms with Crippen molar-refractivity contribution in [2.75, 3.05) is 23.7 Å². The highest BCUT2D eigenvalue weighted by Crippen LogP contribution is 2.25. The SMILES string of the molecule is Cc1cccc(N(CCN)Cc2ccc3nc(N)n(Cc4nc(C)ccc4O)c3c2)c1. The molecule has 0 bridgehead atoms. The van der Waals surface area contributed by atoms with E-state index in [2.05, 4.69) is 58.2 Å². The van der Waals surface area contributed by atoms with Crippen molar-refractivity contribution in [3.63, 3.8) is 0 Å². The number of nitrogens with zero attached hydrogens (tertiary/aromatic N) is 4. The minimum atomic E-state index is 0.150. The van der Waals surface area contributed by atoms with E-state index in [9.17, 15) is 5.11 Å². The minimum Gasteiger partial charge on any atom is -0.506 e. The maximum Gasteiger partial charge on any atom is 0.201 e. The average molecular weight is 417 g/mol. The van der Waals surface area contributed by atoms with Gasteiger partial charge in [-0.1, -0.05) is 18.2 Å². The molecule has 0 saturated carbocycles. The molecule has 0 aliphatic heterocycles. The van der Waals surface area contributed by atoms with Crippen molar-refractivity contribution in [2.24, 2.45) is 5.73 Å². The molecule has 0 amide bonds. The van der Waals surface area contributed by atoms with Crippen molar-refractivity contribution in [1.82, 2.24) is 14.5 Å². The van der Waals surface area contributed by atoms with Crippen molar-refractivity contribution < 1.29 is 5.11 Å². The molecule has 160 valence electrons. The van der Waals surface area contributed by atoms with Crippen LogP contribution in [0.4, 0.5) is 11.6 Å². The molecule has 2 aromatic carbocycles. The standard InChI is InChI=1S/C24H28N6O/c1-16-4-3-5-19(12-16)29(11-10-25)14-18-7-8-20-22(13-18)30(24(26)28-20)15-21-23(31)9-6-17(2)27-21/h3-9,12-13,31H,10-11,14-15,25H2,1-2H3,(H2,26,28). The molecule has 0 atom stereocenters. The van der Waals surface area contributed by atoms with Gasteiger partial charge in [0.1, 0.15) is 11.4 Å². The molecule has 0 aliphatic rings. The third-order valence-electron chi connectivity index (χ3n) is 5.38. The van der Waals surface area contributed by atoms with Crippen molar-refractivity contribution in [1.29, 1.82) is 0 Å². The van der Waals surface area contributed by atoms with Gasteiger partial charge >= 0.3 is 0 Å². The van der Waals surface area contributed by atoms with Gasteiger partial charge in [-0.25, -0.2) is 4.98 Å². The summed E-state index contributed by atoms with van der Waals surface area (Å²) in [7, 11) is 0. The minimum absolute atomic E-state index is 0.150. The molecular weight excluding hydrogens is 388 g/mol. The Morgan fingerprint density at radius 2 is 1.87 bits per heavy atom. The van der Waals surface area contributed by atoms with Gasteiger partial charge < -0.3 is 26.0 Å². The van der Waals surface area contributed by atoms with E-state index in [1.54, 1.807) is 12.1 Å². The number of nitrogens with two attached hydrogens (primary N) is 2. The fraction of sp³-hybridized carbons (Fsp3) is 0.250. The maximum absolute atomic E-state index is 10.2. The summed E-state index contributed by atoms with van der Waals surface area (Å²) in [6.07, 6.45) is 0. The van der Waals surface area contributed by atoms with Crippen LogP contribution in [0.3, 0.4) is 0 Å². The van der Waals surface area contributed by atoms with Crippen LogP contribution in [0.2, 0.25) is 0 Å². The summed E-state index contributed by atoms with van der Waals surface area (Å²) >= 11 is 0. The quantitative estimate of drug-likeness (QED) is 0.427. The van der Waals surface area contributed by atoms with Crippen LogP contribution in [0.5, 0.6) is 5.75 Å². The first kappa shape index (κ1) is 20.7. The molecule has 4 aromatic rings. The Bertz CT molecular complexity index is 1220. The molecule has 0 fully saturated rings. The Balaban J connectivity index is 1.68. The van der Waals surface area contributed by atoms with E-state index in [-0.39, 0.29) is 5.75 Å². The van der Waals surface area contributed by atoms with Crippen LogP contribution in [0.1, 0.15) is 22.5 Å². The van der Waals surface area contributed by atoms with E-state index in [1.807, 2.05) is 17.6 Å². The fourth-order valence-corrected chi connectivity index (χ4v) is 3.82. The van der Waals surface area contributed by atoms with E-state index in [0.29, 0.717) is 24.7 Å². The number of hydrogen-bond acceptors (Lipinski definition) is 6. The van der Waals surface area contributed by atoms with Gasteiger partial charge in [0.25, 0.3) is 0 Å². The Morgan fingerprint density at radius 3 is 2.65 bits per heavy atom. The number of nitrogen functional groups attached to an aromatic ring is 1. The van der Waals surface area contributed by atoms with Crippen molar-refractivity contribution >= 4 is 22.7 Å². The zero-order chi connectivity index (χ0) is 22.0. The second-order valence-corrected chi connectivity index (χ2v) is 7.85. The fourth-order valence-electron chi connectivity index (χ4n) is 3.82. The number of benzene rings is 2. The number of imidazole rings is 1. The highest BCUT2D eigenvalue weighted by atomic mass is 16.3. The Kier molecular flexibility index (Phi) is 5.77. The van der Waals surface area contributed by atoms with Crippen LogP contribution >= 0.6 is 0 Å². The third-order valence-corrected chi connectivity index (χ3v) is 5.38. The zero-order valence-corrected chi connectivity index (χ0v) is 17.9. The first-order valence-corrected chi connectivity index (χ1v) is 10.4. The van der Waals surface area contributed by atoms with Crippen LogP contribution < -0.4 is 16.4 Å². The van der Waals surface area contributed by atoms with E-state index >= 15 is 0 Å². The Labute approximate surface area is 182 Å². The smallest absolute Gasteiger partial charge is 0.201 e. The Hall–Kier alpha value is -3.58. The molecule has 0 aliphatic carbocycles. The van der Waals surface area contributed by atoms with Crippen molar-refractivity contribution in [3.8, 4) is 5.75 Å². The summed E-state index contributed by atoms with van der Waals surface area (Å²) < 4.78 is 1.89. The van der Waals surface area contributed by atoms with E-state index in [0.717, 1.165) is 41.1 Å². The molecule has 7 heteroatoms. The highest BCUT2D eigenvalue weighted by molar-refractivity contribution is 5.79. The van der Waals surface area contributed by atoms with Gasteiger partial charge in [-0.05, 0) is 61.4 Å². The number of aryl methyl sites for hydroxylation is 2. The van der Waals surface area contributed by atoms with E-state index in [4.69, 9.17) is 11.5 Å². The number of fused-ring (bicyclic) bond motifs is 1. The first-order chi connectivity index (χ1) is 14.9. The van der Waals surface area contributed by atoms with Gasteiger partial charge in [-0.2, -0.15) is 0 Å². The molecule has 0 saturated heterocycles. The van der Waals surface area contributed by atoms with Crippen LogP contribution in [0.15, 0.2) is 54.6 Å². The molecule has 0 radical (unpaired) electrons. The molecule has 2 heterocycles. The number of hydrogen-bond donors (Lipinski definition) is 3. The second-order valence-electron chi connectivity index (χ2n) is 7.85. The van der Waals surface area contributed by atoms with E-state index in [1.165, 1.54) is 5.56 Å². The number of pyridine rings is 1. The van der Waals surface area contributed by atoms with Gasteiger partial charge in [-0.15, -0.1) is 0 Å². The highest BCUT2D eigenvalue weighted by Gasteiger charge is 2.14. The Morgan fingerprint density at radius 1 is 1.03 bits per heavy atom. The summed E-state index contributed by atoms with van der Waals surface area (Å²) in [4.78, 5) is 11.2. The second kappa shape index (κ2) is 8.65. The summed E-state index contributed by atoms with van der Waals surface area (Å²) in [5, 5.41) is 10.2. The summed E-state index contributed by atoms with van der Waals surface area (Å²) in [6.45, 7) is 6.38. The first-order valence-electron chi connectivity index (χ1n) is 10.4. The summed E-state index contributed by atoms with van der Waals surface area (Å²) in [5.74, 6) is 0.545. The van der Waals surface area contributed by atoms with Crippen LogP contribution in [-0.4, -0.2) is 32.7 Å². The lowest BCUT2D eigenvalue weighted by Gasteiger charge is -2.25. The molecule has 5 N–H and O–H groups in total. The topological polar surface area (TPSA) is 106 Å². The average Bonchev–Trinajstić information content (AvgIpc) is 3.05. The lowest BCUT2D eigenvalue weighted by molar-refractivity contribution is 0.461. The van der Waals surface area contributed by atoms with Crippen molar-refractivity contribution in [3.05, 3.63) is 77.1 Å². The van der Waals surface area contributed by atoms with Gasteiger partial charge in [0.15, 0.2) is 0 Å². The van der Waals surface area contributed by atoms with Crippen molar-refractivity contribution in [2.45, 2.75) is 26.9 Å². The van der Waals surface area contributed by atoms with Crippen LogP contribution in [0, 0.1) is 13.8 Å². The molecule has 2 aromatic heterocycles. The predicted octanol–water partition coefficient (Wildman–Crippen LogP) is 3.35.